The Morgan fingerprint density at radius 2 is 2.14 bits per heavy atom. The summed E-state index contributed by atoms with van der Waals surface area (Å²) in [5.74, 6) is 0.764. The van der Waals surface area contributed by atoms with Crippen molar-refractivity contribution in [1.82, 2.24) is 10.2 Å². The lowest BCUT2D eigenvalue weighted by atomic mass is 9.85. The first-order chi connectivity index (χ1) is 10.3. The van der Waals surface area contributed by atoms with Gasteiger partial charge in [-0.2, -0.15) is 0 Å². The summed E-state index contributed by atoms with van der Waals surface area (Å²) < 4.78 is 5.56. The molecule has 2 aliphatic heterocycles. The number of piperidine rings is 2. The van der Waals surface area contributed by atoms with Crippen LogP contribution < -0.4 is 5.32 Å². The third kappa shape index (κ3) is 3.83. The Bertz CT molecular complexity index is 463. The summed E-state index contributed by atoms with van der Waals surface area (Å²) >= 11 is 0. The number of rotatable bonds is 4. The minimum Gasteiger partial charge on any atom is -0.367 e. The maximum absolute atomic E-state index is 12.2. The van der Waals surface area contributed by atoms with Gasteiger partial charge in [0.25, 0.3) is 0 Å². The molecule has 21 heavy (non-hydrogen) atoms. The van der Waals surface area contributed by atoms with Crippen LogP contribution in [0.15, 0.2) is 30.3 Å². The van der Waals surface area contributed by atoms with Crippen molar-refractivity contribution in [2.75, 3.05) is 26.2 Å². The number of fused-ring (bicyclic) bond motifs is 1. The van der Waals surface area contributed by atoms with Gasteiger partial charge in [-0.3, -0.25) is 4.79 Å². The van der Waals surface area contributed by atoms with E-state index in [1.165, 1.54) is 12.8 Å². The molecular weight excluding hydrogens is 264 g/mol. The van der Waals surface area contributed by atoms with Crippen molar-refractivity contribution in [2.24, 2.45) is 5.92 Å². The van der Waals surface area contributed by atoms with Gasteiger partial charge in [-0.1, -0.05) is 30.3 Å². The Balaban J connectivity index is 1.43. The molecule has 1 aromatic carbocycles. The topological polar surface area (TPSA) is 41.6 Å². The minimum atomic E-state index is 0.134. The van der Waals surface area contributed by atoms with Gasteiger partial charge in [-0.15, -0.1) is 0 Å². The largest absolute Gasteiger partial charge is 0.367 e. The predicted molar refractivity (Wildman–Crippen MR) is 81.8 cm³/mol. The van der Waals surface area contributed by atoms with E-state index >= 15 is 0 Å². The van der Waals surface area contributed by atoms with Gasteiger partial charge in [-0.25, -0.2) is 0 Å². The molecule has 0 aliphatic carbocycles. The van der Waals surface area contributed by atoms with Crippen LogP contribution in [-0.2, 0) is 16.1 Å². The molecule has 1 N–H and O–H groups in total. The highest BCUT2D eigenvalue weighted by Gasteiger charge is 2.32. The van der Waals surface area contributed by atoms with Gasteiger partial charge in [0.1, 0.15) is 6.61 Å². The van der Waals surface area contributed by atoms with Crippen molar-refractivity contribution in [2.45, 2.75) is 31.9 Å². The van der Waals surface area contributed by atoms with E-state index in [4.69, 9.17) is 4.74 Å². The Kier molecular flexibility index (Phi) is 4.88. The third-order valence-electron chi connectivity index (χ3n) is 4.58. The molecule has 2 aliphatic rings. The quantitative estimate of drug-likeness (QED) is 0.918. The van der Waals surface area contributed by atoms with Gasteiger partial charge < -0.3 is 15.0 Å². The summed E-state index contributed by atoms with van der Waals surface area (Å²) in [6, 6.07) is 10.6. The van der Waals surface area contributed by atoms with E-state index in [1.807, 2.05) is 35.2 Å². The van der Waals surface area contributed by atoms with Crippen LogP contribution >= 0.6 is 0 Å². The van der Waals surface area contributed by atoms with E-state index in [-0.39, 0.29) is 12.5 Å². The van der Waals surface area contributed by atoms with Crippen molar-refractivity contribution in [3.63, 3.8) is 0 Å². The Morgan fingerprint density at radius 1 is 1.29 bits per heavy atom. The Labute approximate surface area is 126 Å². The van der Waals surface area contributed by atoms with Gasteiger partial charge in [0.05, 0.1) is 6.61 Å². The highest BCUT2D eigenvalue weighted by atomic mass is 16.5. The number of carbonyl (C=O) groups is 1. The van der Waals surface area contributed by atoms with Crippen LogP contribution in [0.25, 0.3) is 0 Å². The number of nitrogens with zero attached hydrogens (tertiary/aromatic N) is 1. The fourth-order valence-electron chi connectivity index (χ4n) is 3.39. The van der Waals surface area contributed by atoms with Gasteiger partial charge >= 0.3 is 0 Å². The lowest BCUT2D eigenvalue weighted by molar-refractivity contribution is -0.139. The molecule has 1 amide bonds. The smallest absolute Gasteiger partial charge is 0.248 e. The third-order valence-corrected chi connectivity index (χ3v) is 4.58. The van der Waals surface area contributed by atoms with Gasteiger partial charge in [0.2, 0.25) is 5.91 Å². The molecule has 2 heterocycles. The number of amides is 1. The maximum atomic E-state index is 12.2. The van der Waals surface area contributed by atoms with Crippen molar-refractivity contribution in [1.29, 1.82) is 0 Å². The summed E-state index contributed by atoms with van der Waals surface area (Å²) in [6.45, 7) is 3.59. The molecule has 1 aromatic rings. The molecular formula is C17H24N2O2. The summed E-state index contributed by atoms with van der Waals surface area (Å²) in [6.07, 6.45) is 3.55. The molecule has 0 spiro atoms. The van der Waals surface area contributed by atoms with Crippen molar-refractivity contribution in [3.8, 4) is 0 Å². The Hall–Kier alpha value is -1.39. The van der Waals surface area contributed by atoms with Crippen LogP contribution in [0.1, 0.15) is 24.8 Å². The van der Waals surface area contributed by atoms with Crippen LogP contribution in [-0.4, -0.2) is 43.1 Å². The molecule has 2 atom stereocenters. The fraction of sp³-hybridized carbons (Fsp3) is 0.588. The number of hydrogen-bond donors (Lipinski definition) is 1. The normalized spacial score (nSPS) is 25.4. The first-order valence-corrected chi connectivity index (χ1v) is 7.96. The van der Waals surface area contributed by atoms with Crippen LogP contribution in [0.3, 0.4) is 0 Å². The molecule has 4 heteroatoms. The second-order valence-corrected chi connectivity index (χ2v) is 6.07. The molecule has 3 rings (SSSR count). The first-order valence-electron chi connectivity index (χ1n) is 7.96. The molecule has 0 bridgehead atoms. The standard InChI is InChI=1S/C17H24N2O2/c20-17(13-21-12-14-5-2-1-3-6-14)19-10-8-16-15(11-19)7-4-9-18-16/h1-3,5-6,15-16,18H,4,7-13H2/t15-,16+/m1/s1. The zero-order chi connectivity index (χ0) is 14.5. The predicted octanol–water partition coefficient (Wildman–Crippen LogP) is 1.80. The summed E-state index contributed by atoms with van der Waals surface area (Å²) in [5.41, 5.74) is 1.11. The summed E-state index contributed by atoms with van der Waals surface area (Å²) in [4.78, 5) is 14.2. The van der Waals surface area contributed by atoms with E-state index in [1.54, 1.807) is 0 Å². The van der Waals surface area contributed by atoms with Crippen LogP contribution in [0.4, 0.5) is 0 Å². The van der Waals surface area contributed by atoms with E-state index in [9.17, 15) is 4.79 Å². The molecule has 0 radical (unpaired) electrons. The van der Waals surface area contributed by atoms with Gasteiger partial charge in [0.15, 0.2) is 0 Å². The number of hydrogen-bond acceptors (Lipinski definition) is 3. The van der Waals surface area contributed by atoms with Gasteiger partial charge in [0, 0.05) is 19.1 Å². The highest BCUT2D eigenvalue weighted by molar-refractivity contribution is 5.77. The zero-order valence-corrected chi connectivity index (χ0v) is 12.5. The average molecular weight is 288 g/mol. The number of ether oxygens (including phenoxy) is 1. The number of likely N-dealkylation sites (tertiary alicyclic amines) is 1. The van der Waals surface area contributed by atoms with Crippen molar-refractivity contribution >= 4 is 5.91 Å². The second kappa shape index (κ2) is 7.05. The SMILES string of the molecule is O=C(COCc1ccccc1)N1CC[C@@H]2NCCC[C@@H]2C1. The summed E-state index contributed by atoms with van der Waals surface area (Å²) in [7, 11) is 0. The van der Waals surface area contributed by atoms with E-state index in [2.05, 4.69) is 5.32 Å². The number of carbonyl (C=O) groups excluding carboxylic acids is 1. The number of benzene rings is 1. The van der Waals surface area contributed by atoms with Crippen molar-refractivity contribution in [3.05, 3.63) is 35.9 Å². The van der Waals surface area contributed by atoms with Gasteiger partial charge in [-0.05, 0) is 37.3 Å². The monoisotopic (exact) mass is 288 g/mol. The lowest BCUT2D eigenvalue weighted by Gasteiger charge is -2.41. The molecule has 0 unspecified atom stereocenters. The van der Waals surface area contributed by atoms with Crippen LogP contribution in [0.5, 0.6) is 0 Å². The molecule has 2 saturated heterocycles. The highest BCUT2D eigenvalue weighted by Crippen LogP contribution is 2.24. The maximum Gasteiger partial charge on any atom is 0.248 e. The Morgan fingerprint density at radius 3 is 3.00 bits per heavy atom. The van der Waals surface area contributed by atoms with Crippen molar-refractivity contribution < 1.29 is 9.53 Å². The minimum absolute atomic E-state index is 0.134. The van der Waals surface area contributed by atoms with E-state index < -0.39 is 0 Å². The molecule has 114 valence electrons. The zero-order valence-electron chi connectivity index (χ0n) is 12.5. The molecule has 0 aromatic heterocycles. The molecule has 0 saturated carbocycles. The first kappa shape index (κ1) is 14.5. The molecule has 4 nitrogen and oxygen atoms in total. The summed E-state index contributed by atoms with van der Waals surface area (Å²) in [5, 5.41) is 3.58. The van der Waals surface area contributed by atoms with E-state index in [0.29, 0.717) is 18.6 Å². The second-order valence-electron chi connectivity index (χ2n) is 6.07. The van der Waals surface area contributed by atoms with E-state index in [0.717, 1.165) is 31.6 Å². The van der Waals surface area contributed by atoms with Crippen LogP contribution in [0.2, 0.25) is 0 Å². The number of nitrogens with one attached hydrogen (secondary N) is 1. The lowest BCUT2D eigenvalue weighted by Crippen LogP contribution is -2.54. The molecule has 2 fully saturated rings. The van der Waals surface area contributed by atoms with Crippen LogP contribution in [0, 0.1) is 5.92 Å². The average Bonchev–Trinajstić information content (AvgIpc) is 2.55. The fourth-order valence-corrected chi connectivity index (χ4v) is 3.39.